The molecular formula is C11H14N2O3S2. The maximum atomic E-state index is 12.0. The lowest BCUT2D eigenvalue weighted by molar-refractivity contribution is 0.570. The number of nitrogens with one attached hydrogen (secondary N) is 1. The predicted octanol–water partition coefficient (Wildman–Crippen LogP) is 1.29. The van der Waals surface area contributed by atoms with Crippen molar-refractivity contribution in [2.45, 2.75) is 24.8 Å². The molecule has 1 aromatic carbocycles. The van der Waals surface area contributed by atoms with Crippen LogP contribution in [-0.2, 0) is 17.1 Å². The topological polar surface area (TPSA) is 68.2 Å². The summed E-state index contributed by atoms with van der Waals surface area (Å²) >= 11 is 1.04. The van der Waals surface area contributed by atoms with Gasteiger partial charge in [0.15, 0.2) is 0 Å². The maximum absolute atomic E-state index is 12.0. The average Bonchev–Trinajstić information content (AvgIpc) is 2.52. The van der Waals surface area contributed by atoms with Gasteiger partial charge in [0.2, 0.25) is 10.0 Å². The Balaban J connectivity index is 2.58. The first-order chi connectivity index (χ1) is 8.31. The van der Waals surface area contributed by atoms with Gasteiger partial charge in [0.1, 0.15) is 0 Å². The number of rotatable bonds is 3. The Kier molecular flexibility index (Phi) is 3.31. The van der Waals surface area contributed by atoms with Crippen LogP contribution in [0.5, 0.6) is 0 Å². The molecule has 0 aliphatic carbocycles. The van der Waals surface area contributed by atoms with E-state index in [1.54, 1.807) is 27.0 Å². The van der Waals surface area contributed by atoms with Crippen LogP contribution < -0.4 is 9.60 Å². The summed E-state index contributed by atoms with van der Waals surface area (Å²) in [4.78, 5) is 11.6. The van der Waals surface area contributed by atoms with Gasteiger partial charge in [-0.1, -0.05) is 11.3 Å². The molecule has 1 aromatic heterocycles. The van der Waals surface area contributed by atoms with E-state index in [1.807, 2.05) is 0 Å². The predicted molar refractivity (Wildman–Crippen MR) is 72.5 cm³/mol. The second-order valence-corrected chi connectivity index (χ2v) is 7.04. The molecule has 0 bridgehead atoms. The van der Waals surface area contributed by atoms with E-state index in [-0.39, 0.29) is 15.8 Å². The van der Waals surface area contributed by atoms with Gasteiger partial charge in [0.25, 0.3) is 0 Å². The van der Waals surface area contributed by atoms with Crippen molar-refractivity contribution in [1.29, 1.82) is 0 Å². The first-order valence-electron chi connectivity index (χ1n) is 5.43. The fourth-order valence-corrected chi connectivity index (χ4v) is 3.93. The third-order valence-electron chi connectivity index (χ3n) is 2.46. The molecule has 0 saturated heterocycles. The second kappa shape index (κ2) is 4.49. The van der Waals surface area contributed by atoms with E-state index >= 15 is 0 Å². The molecule has 2 rings (SSSR count). The van der Waals surface area contributed by atoms with Gasteiger partial charge in [-0.3, -0.25) is 4.79 Å². The van der Waals surface area contributed by atoms with Crippen LogP contribution in [0.4, 0.5) is 0 Å². The number of hydrogen-bond donors (Lipinski definition) is 1. The van der Waals surface area contributed by atoms with Crippen molar-refractivity contribution in [2.75, 3.05) is 0 Å². The molecule has 0 aliphatic rings. The van der Waals surface area contributed by atoms with Crippen LogP contribution in [-0.4, -0.2) is 19.0 Å². The molecule has 0 amide bonds. The lowest BCUT2D eigenvalue weighted by Crippen LogP contribution is -2.30. The van der Waals surface area contributed by atoms with E-state index in [2.05, 4.69) is 4.72 Å². The van der Waals surface area contributed by atoms with Crippen LogP contribution >= 0.6 is 11.3 Å². The summed E-state index contributed by atoms with van der Waals surface area (Å²) in [5.74, 6) is 0. The molecule has 0 atom stereocenters. The van der Waals surface area contributed by atoms with E-state index in [4.69, 9.17) is 0 Å². The van der Waals surface area contributed by atoms with Crippen molar-refractivity contribution in [3.8, 4) is 0 Å². The summed E-state index contributed by atoms with van der Waals surface area (Å²) in [6, 6.07) is 4.54. The fraction of sp³-hybridized carbons (Fsp3) is 0.364. The minimum absolute atomic E-state index is 0.101. The highest BCUT2D eigenvalue weighted by Gasteiger charge is 2.16. The van der Waals surface area contributed by atoms with Crippen LogP contribution in [0.3, 0.4) is 0 Å². The Morgan fingerprint density at radius 2 is 2.00 bits per heavy atom. The van der Waals surface area contributed by atoms with Crippen LogP contribution in [0.25, 0.3) is 10.2 Å². The normalized spacial score (nSPS) is 12.4. The molecule has 0 spiro atoms. The summed E-state index contributed by atoms with van der Waals surface area (Å²) < 4.78 is 28.7. The Labute approximate surface area is 109 Å². The number of fused-ring (bicyclic) bond motifs is 1. The van der Waals surface area contributed by atoms with Gasteiger partial charge in [0, 0.05) is 13.1 Å². The summed E-state index contributed by atoms with van der Waals surface area (Å²) in [7, 11) is -1.84. The SMILES string of the molecule is CC(C)NS(=O)(=O)c1ccc2c(c1)sc(=O)n2C. The number of aromatic nitrogens is 1. The Morgan fingerprint density at radius 3 is 2.61 bits per heavy atom. The number of thiazole rings is 1. The Bertz CT molecular complexity index is 741. The highest BCUT2D eigenvalue weighted by molar-refractivity contribution is 7.89. The van der Waals surface area contributed by atoms with Gasteiger partial charge in [0.05, 0.1) is 15.1 Å². The maximum Gasteiger partial charge on any atom is 0.307 e. The number of benzene rings is 1. The Hall–Kier alpha value is -1.18. The van der Waals surface area contributed by atoms with Crippen molar-refractivity contribution in [1.82, 2.24) is 9.29 Å². The number of hydrogen-bond acceptors (Lipinski definition) is 4. The smallest absolute Gasteiger partial charge is 0.302 e. The highest BCUT2D eigenvalue weighted by atomic mass is 32.2. The van der Waals surface area contributed by atoms with Crippen molar-refractivity contribution >= 4 is 31.6 Å². The van der Waals surface area contributed by atoms with Crippen molar-refractivity contribution in [3.63, 3.8) is 0 Å². The first kappa shape index (κ1) is 13.3. The summed E-state index contributed by atoms with van der Waals surface area (Å²) in [6.45, 7) is 3.52. The van der Waals surface area contributed by atoms with Gasteiger partial charge in [-0.05, 0) is 32.0 Å². The lowest BCUT2D eigenvalue weighted by Gasteiger charge is -2.09. The molecule has 98 valence electrons. The monoisotopic (exact) mass is 286 g/mol. The molecule has 0 fully saturated rings. The third-order valence-corrected chi connectivity index (χ3v) is 5.12. The van der Waals surface area contributed by atoms with E-state index in [1.165, 1.54) is 16.7 Å². The summed E-state index contributed by atoms with van der Waals surface area (Å²) in [5, 5.41) is 0. The summed E-state index contributed by atoms with van der Waals surface area (Å²) in [6.07, 6.45) is 0. The standard InChI is InChI=1S/C11H14N2O3S2/c1-7(2)12-18(15,16)8-4-5-9-10(6-8)17-11(14)13(9)3/h4-7,12H,1-3H3. The number of aryl methyl sites for hydroxylation is 1. The molecule has 7 heteroatoms. The molecule has 0 saturated carbocycles. The van der Waals surface area contributed by atoms with Crippen molar-refractivity contribution in [2.24, 2.45) is 7.05 Å². The largest absolute Gasteiger partial charge is 0.307 e. The van der Waals surface area contributed by atoms with Gasteiger partial charge in [-0.15, -0.1) is 0 Å². The minimum atomic E-state index is -3.51. The molecule has 0 radical (unpaired) electrons. The molecule has 0 unspecified atom stereocenters. The van der Waals surface area contributed by atoms with Crippen LogP contribution in [0.15, 0.2) is 27.9 Å². The van der Waals surface area contributed by atoms with Crippen LogP contribution in [0.1, 0.15) is 13.8 Å². The quantitative estimate of drug-likeness (QED) is 0.924. The van der Waals surface area contributed by atoms with Gasteiger partial charge >= 0.3 is 4.87 Å². The van der Waals surface area contributed by atoms with Gasteiger partial charge in [-0.2, -0.15) is 0 Å². The third kappa shape index (κ3) is 2.33. The zero-order chi connectivity index (χ0) is 13.5. The number of sulfonamides is 1. The number of nitrogens with zero attached hydrogens (tertiary/aromatic N) is 1. The molecule has 5 nitrogen and oxygen atoms in total. The lowest BCUT2D eigenvalue weighted by atomic mass is 10.3. The van der Waals surface area contributed by atoms with Crippen molar-refractivity contribution in [3.05, 3.63) is 27.9 Å². The Morgan fingerprint density at radius 1 is 1.33 bits per heavy atom. The van der Waals surface area contributed by atoms with Crippen LogP contribution in [0.2, 0.25) is 0 Å². The van der Waals surface area contributed by atoms with E-state index in [0.29, 0.717) is 4.70 Å². The molecule has 2 aromatic rings. The fourth-order valence-electron chi connectivity index (χ4n) is 1.66. The molecule has 0 aliphatic heterocycles. The molecule has 1 N–H and O–H groups in total. The molecule has 18 heavy (non-hydrogen) atoms. The highest BCUT2D eigenvalue weighted by Crippen LogP contribution is 2.21. The van der Waals surface area contributed by atoms with E-state index < -0.39 is 10.0 Å². The van der Waals surface area contributed by atoms with Gasteiger partial charge < -0.3 is 4.57 Å². The zero-order valence-electron chi connectivity index (χ0n) is 10.3. The summed E-state index contributed by atoms with van der Waals surface area (Å²) in [5.41, 5.74) is 0.744. The molecular weight excluding hydrogens is 272 g/mol. The van der Waals surface area contributed by atoms with E-state index in [9.17, 15) is 13.2 Å². The van der Waals surface area contributed by atoms with E-state index in [0.717, 1.165) is 16.9 Å². The average molecular weight is 286 g/mol. The van der Waals surface area contributed by atoms with Gasteiger partial charge in [-0.25, -0.2) is 13.1 Å². The van der Waals surface area contributed by atoms with Crippen LogP contribution in [0, 0.1) is 0 Å². The molecule has 1 heterocycles. The first-order valence-corrected chi connectivity index (χ1v) is 7.73. The minimum Gasteiger partial charge on any atom is -0.302 e. The zero-order valence-corrected chi connectivity index (χ0v) is 11.9. The second-order valence-electron chi connectivity index (χ2n) is 4.33. The van der Waals surface area contributed by atoms with Crippen molar-refractivity contribution < 1.29 is 8.42 Å².